The largest absolute Gasteiger partial charge is 0.468 e. The number of tetrazole rings is 1. The molecule has 0 aromatic carbocycles. The number of carbonyl (C=O) groups excluding carboxylic acids is 1. The summed E-state index contributed by atoms with van der Waals surface area (Å²) in [4.78, 5) is 13.2. The van der Waals surface area contributed by atoms with Crippen LogP contribution in [0, 0.1) is 0 Å². The highest BCUT2D eigenvalue weighted by Gasteiger charge is 2.13. The Morgan fingerprint density at radius 2 is 2.33 bits per heavy atom. The number of hydrogen-bond acceptors (Lipinski definition) is 7. The molecule has 0 aliphatic heterocycles. The van der Waals surface area contributed by atoms with E-state index >= 15 is 0 Å². The monoisotopic (exact) mass is 250 g/mol. The van der Waals surface area contributed by atoms with E-state index in [1.54, 1.807) is 12.1 Å². The lowest BCUT2D eigenvalue weighted by molar-refractivity contribution is -0.138. The van der Waals surface area contributed by atoms with E-state index in [-0.39, 0.29) is 12.5 Å². The number of anilines is 1. The van der Waals surface area contributed by atoms with Crippen LogP contribution in [0.25, 0.3) is 5.65 Å². The number of esters is 1. The molecule has 0 unspecified atom stereocenters. The van der Waals surface area contributed by atoms with Crippen LogP contribution in [0.15, 0.2) is 12.1 Å². The highest BCUT2D eigenvalue weighted by molar-refractivity contribution is 5.75. The fourth-order valence-corrected chi connectivity index (χ4v) is 1.57. The van der Waals surface area contributed by atoms with Crippen molar-refractivity contribution >= 4 is 17.4 Å². The van der Waals surface area contributed by atoms with Crippen LogP contribution in [0.3, 0.4) is 0 Å². The van der Waals surface area contributed by atoms with E-state index in [0.29, 0.717) is 18.0 Å². The van der Waals surface area contributed by atoms with E-state index in [2.05, 4.69) is 25.4 Å². The average Bonchev–Trinajstić information content (AvgIpc) is 2.85. The molecule has 18 heavy (non-hydrogen) atoms. The summed E-state index contributed by atoms with van der Waals surface area (Å²) in [5, 5.41) is 15.2. The fourth-order valence-electron chi connectivity index (χ4n) is 1.57. The van der Waals surface area contributed by atoms with E-state index < -0.39 is 0 Å². The average molecular weight is 250 g/mol. The topological polar surface area (TPSA) is 85.5 Å². The van der Waals surface area contributed by atoms with E-state index in [1.807, 2.05) is 11.8 Å². The van der Waals surface area contributed by atoms with Crippen molar-refractivity contribution in [3.8, 4) is 0 Å². The molecule has 0 bridgehead atoms. The Hall–Kier alpha value is -2.25. The highest BCUT2D eigenvalue weighted by Crippen LogP contribution is 2.11. The second-order valence-corrected chi connectivity index (χ2v) is 3.72. The zero-order valence-corrected chi connectivity index (χ0v) is 10.3. The molecule has 0 N–H and O–H groups in total. The molecule has 0 amide bonds. The summed E-state index contributed by atoms with van der Waals surface area (Å²) in [6.45, 7) is 2.89. The maximum Gasteiger partial charge on any atom is 0.325 e. The number of methoxy groups -OCH3 is 1. The van der Waals surface area contributed by atoms with Crippen LogP contribution < -0.4 is 4.90 Å². The van der Waals surface area contributed by atoms with Crippen LogP contribution in [-0.2, 0) is 9.53 Å². The third-order valence-electron chi connectivity index (χ3n) is 2.42. The standard InChI is InChI=1S/C10H14N6O2/c1-3-6-15(7-10(17)18-2)9-5-4-8-11-13-14-16(8)12-9/h4-5H,3,6-7H2,1-2H3. The number of fused-ring (bicyclic) bond motifs is 1. The molecular weight excluding hydrogens is 236 g/mol. The normalized spacial score (nSPS) is 10.6. The van der Waals surface area contributed by atoms with Crippen molar-refractivity contribution in [1.82, 2.24) is 25.3 Å². The molecule has 2 aromatic heterocycles. The van der Waals surface area contributed by atoms with E-state index in [9.17, 15) is 4.79 Å². The van der Waals surface area contributed by atoms with Gasteiger partial charge in [0.05, 0.1) is 7.11 Å². The maximum absolute atomic E-state index is 11.3. The molecule has 0 spiro atoms. The lowest BCUT2D eigenvalue weighted by atomic mass is 10.3. The predicted molar refractivity (Wildman–Crippen MR) is 63.1 cm³/mol. The van der Waals surface area contributed by atoms with Gasteiger partial charge >= 0.3 is 5.97 Å². The fraction of sp³-hybridized carbons (Fsp3) is 0.500. The second-order valence-electron chi connectivity index (χ2n) is 3.72. The Labute approximate surface area is 104 Å². The Balaban J connectivity index is 2.25. The first-order valence-corrected chi connectivity index (χ1v) is 5.61. The van der Waals surface area contributed by atoms with Crippen LogP contribution >= 0.6 is 0 Å². The zero-order valence-electron chi connectivity index (χ0n) is 10.3. The number of aromatic nitrogens is 5. The molecule has 8 nitrogen and oxygen atoms in total. The van der Waals surface area contributed by atoms with Crippen LogP contribution in [0.4, 0.5) is 5.82 Å². The third kappa shape index (κ3) is 2.53. The minimum Gasteiger partial charge on any atom is -0.468 e. The summed E-state index contributed by atoms with van der Waals surface area (Å²) in [7, 11) is 1.37. The molecule has 0 aliphatic carbocycles. The quantitative estimate of drug-likeness (QED) is 0.685. The summed E-state index contributed by atoms with van der Waals surface area (Å²) in [6.07, 6.45) is 0.895. The van der Waals surface area contributed by atoms with Crippen molar-refractivity contribution in [2.75, 3.05) is 25.1 Å². The summed E-state index contributed by atoms with van der Waals surface area (Å²) in [6, 6.07) is 3.53. The van der Waals surface area contributed by atoms with Gasteiger partial charge in [-0.3, -0.25) is 4.79 Å². The smallest absolute Gasteiger partial charge is 0.325 e. The van der Waals surface area contributed by atoms with Gasteiger partial charge in [0.25, 0.3) is 0 Å². The van der Waals surface area contributed by atoms with Crippen LogP contribution in [0.2, 0.25) is 0 Å². The van der Waals surface area contributed by atoms with Gasteiger partial charge in [-0.2, -0.15) is 0 Å². The number of nitrogens with zero attached hydrogens (tertiary/aromatic N) is 6. The van der Waals surface area contributed by atoms with Gasteiger partial charge in [-0.1, -0.05) is 6.92 Å². The molecule has 0 radical (unpaired) electrons. The number of ether oxygens (including phenoxy) is 1. The predicted octanol–water partition coefficient (Wildman–Crippen LogP) is -0.0913. The minimum absolute atomic E-state index is 0.158. The molecule has 96 valence electrons. The Morgan fingerprint density at radius 1 is 1.50 bits per heavy atom. The summed E-state index contributed by atoms with van der Waals surface area (Å²) in [5.41, 5.74) is 0.563. The Bertz CT molecular complexity index is 540. The SMILES string of the molecule is CCCN(CC(=O)OC)c1ccc2nnnn2n1. The van der Waals surface area contributed by atoms with Crippen LogP contribution in [0.5, 0.6) is 0 Å². The van der Waals surface area contributed by atoms with Gasteiger partial charge in [0.1, 0.15) is 6.54 Å². The summed E-state index contributed by atoms with van der Waals surface area (Å²) in [5.74, 6) is 0.337. The van der Waals surface area contributed by atoms with E-state index in [1.165, 1.54) is 11.7 Å². The molecule has 8 heteroatoms. The zero-order chi connectivity index (χ0) is 13.0. The minimum atomic E-state index is -0.304. The molecule has 0 aliphatic rings. The number of carbonyl (C=O) groups is 1. The molecule has 2 aromatic rings. The van der Waals surface area contributed by atoms with Gasteiger partial charge < -0.3 is 9.64 Å². The van der Waals surface area contributed by atoms with Crippen molar-refractivity contribution in [2.24, 2.45) is 0 Å². The van der Waals surface area contributed by atoms with Crippen molar-refractivity contribution in [1.29, 1.82) is 0 Å². The van der Waals surface area contributed by atoms with Gasteiger partial charge in [-0.25, -0.2) is 0 Å². The van der Waals surface area contributed by atoms with E-state index in [0.717, 1.165) is 6.42 Å². The van der Waals surface area contributed by atoms with Gasteiger partial charge in [0.15, 0.2) is 11.5 Å². The first-order valence-electron chi connectivity index (χ1n) is 5.61. The van der Waals surface area contributed by atoms with Crippen LogP contribution in [-0.4, -0.2) is 51.4 Å². The van der Waals surface area contributed by atoms with Gasteiger partial charge in [-0.15, -0.1) is 14.8 Å². The lowest BCUT2D eigenvalue weighted by Crippen LogP contribution is -2.32. The van der Waals surface area contributed by atoms with Crippen molar-refractivity contribution in [3.63, 3.8) is 0 Å². The summed E-state index contributed by atoms with van der Waals surface area (Å²) >= 11 is 0. The Kier molecular flexibility index (Phi) is 3.66. The maximum atomic E-state index is 11.3. The lowest BCUT2D eigenvalue weighted by Gasteiger charge is -2.21. The molecule has 0 saturated heterocycles. The highest BCUT2D eigenvalue weighted by atomic mass is 16.5. The third-order valence-corrected chi connectivity index (χ3v) is 2.42. The molecule has 0 saturated carbocycles. The first-order chi connectivity index (χ1) is 8.74. The molecule has 0 fully saturated rings. The molecule has 2 heterocycles. The van der Waals surface area contributed by atoms with Gasteiger partial charge in [-0.05, 0) is 29.0 Å². The van der Waals surface area contributed by atoms with Gasteiger partial charge in [0, 0.05) is 6.54 Å². The number of hydrogen-bond donors (Lipinski definition) is 0. The first kappa shape index (κ1) is 12.2. The molecule has 0 atom stereocenters. The summed E-state index contributed by atoms with van der Waals surface area (Å²) < 4.78 is 5.99. The molecule has 2 rings (SSSR count). The second kappa shape index (κ2) is 5.39. The molecular formula is C10H14N6O2. The van der Waals surface area contributed by atoms with Crippen molar-refractivity contribution in [2.45, 2.75) is 13.3 Å². The van der Waals surface area contributed by atoms with E-state index in [4.69, 9.17) is 0 Å². The van der Waals surface area contributed by atoms with Crippen LogP contribution in [0.1, 0.15) is 13.3 Å². The van der Waals surface area contributed by atoms with Crippen molar-refractivity contribution in [3.05, 3.63) is 12.1 Å². The van der Waals surface area contributed by atoms with Crippen molar-refractivity contribution < 1.29 is 9.53 Å². The van der Waals surface area contributed by atoms with Gasteiger partial charge in [0.2, 0.25) is 0 Å². The Morgan fingerprint density at radius 3 is 3.06 bits per heavy atom. The number of rotatable bonds is 5.